The molecule has 122 valence electrons. The third-order valence-electron chi connectivity index (χ3n) is 2.72. The minimum Gasteiger partial charge on any atom is -0.308 e. The Hall–Kier alpha value is -1.63. The molecule has 2 rings (SSSR count). The molecule has 0 saturated carbocycles. The number of carbonyl (C=O) groups is 1. The molecule has 0 aliphatic carbocycles. The average molecular weight is 384 g/mol. The van der Waals surface area contributed by atoms with Gasteiger partial charge in [-0.05, 0) is 36.4 Å². The molecule has 0 bridgehead atoms. The van der Waals surface area contributed by atoms with Gasteiger partial charge in [-0.3, -0.25) is 0 Å². The summed E-state index contributed by atoms with van der Waals surface area (Å²) in [5.74, 6) is 0. The van der Waals surface area contributed by atoms with Crippen LogP contribution in [0.25, 0.3) is 0 Å². The maximum atomic E-state index is 12.5. The van der Waals surface area contributed by atoms with E-state index in [1.54, 1.807) is 0 Å². The number of hydrogen-bond donors (Lipinski definition) is 2. The molecule has 0 fully saturated rings. The van der Waals surface area contributed by atoms with E-state index in [9.17, 15) is 18.0 Å². The smallest absolute Gasteiger partial charge is 0.308 e. The van der Waals surface area contributed by atoms with E-state index in [-0.39, 0.29) is 15.7 Å². The minimum absolute atomic E-state index is 0.0391. The minimum atomic E-state index is -4.51. The van der Waals surface area contributed by atoms with Gasteiger partial charge in [-0.1, -0.05) is 34.8 Å². The van der Waals surface area contributed by atoms with Crippen LogP contribution in [0.3, 0.4) is 0 Å². The monoisotopic (exact) mass is 382 g/mol. The molecule has 2 aromatic carbocycles. The first-order valence-electron chi connectivity index (χ1n) is 6.06. The van der Waals surface area contributed by atoms with E-state index in [1.165, 1.54) is 18.2 Å². The van der Waals surface area contributed by atoms with Gasteiger partial charge in [0, 0.05) is 5.69 Å². The third-order valence-corrected chi connectivity index (χ3v) is 3.77. The fourth-order valence-corrected chi connectivity index (χ4v) is 2.18. The normalized spacial score (nSPS) is 11.2. The van der Waals surface area contributed by atoms with Crippen LogP contribution in [0.4, 0.5) is 29.3 Å². The van der Waals surface area contributed by atoms with Crippen LogP contribution in [0.1, 0.15) is 5.56 Å². The van der Waals surface area contributed by atoms with Crippen molar-refractivity contribution < 1.29 is 18.0 Å². The van der Waals surface area contributed by atoms with Gasteiger partial charge >= 0.3 is 12.2 Å². The van der Waals surface area contributed by atoms with Crippen LogP contribution in [0.15, 0.2) is 36.4 Å². The van der Waals surface area contributed by atoms with Crippen molar-refractivity contribution in [2.45, 2.75) is 6.18 Å². The van der Waals surface area contributed by atoms with Gasteiger partial charge in [0.25, 0.3) is 0 Å². The van der Waals surface area contributed by atoms with Gasteiger partial charge in [0.05, 0.1) is 26.3 Å². The van der Waals surface area contributed by atoms with E-state index in [0.29, 0.717) is 10.7 Å². The first-order chi connectivity index (χ1) is 10.7. The summed E-state index contributed by atoms with van der Waals surface area (Å²) >= 11 is 17.3. The maximum Gasteiger partial charge on any atom is 0.416 e. The lowest BCUT2D eigenvalue weighted by atomic mass is 10.2. The molecule has 0 heterocycles. The molecule has 2 N–H and O–H groups in total. The Balaban J connectivity index is 2.09. The van der Waals surface area contributed by atoms with Crippen LogP contribution in [0, 0.1) is 0 Å². The van der Waals surface area contributed by atoms with Crippen LogP contribution < -0.4 is 10.6 Å². The van der Waals surface area contributed by atoms with Crippen molar-refractivity contribution in [1.29, 1.82) is 0 Å². The Morgan fingerprint density at radius 2 is 1.57 bits per heavy atom. The number of carbonyl (C=O) groups excluding carboxylic acids is 1. The fourth-order valence-electron chi connectivity index (χ4n) is 1.65. The number of alkyl halides is 3. The van der Waals surface area contributed by atoms with Crippen molar-refractivity contribution in [3.8, 4) is 0 Å². The van der Waals surface area contributed by atoms with Gasteiger partial charge in [-0.2, -0.15) is 13.2 Å². The van der Waals surface area contributed by atoms with E-state index < -0.39 is 17.8 Å². The number of amides is 2. The Bertz CT molecular complexity index is 751. The molecule has 0 aliphatic rings. The Kier molecular flexibility index (Phi) is 5.29. The second kappa shape index (κ2) is 6.86. The number of rotatable bonds is 2. The van der Waals surface area contributed by atoms with Gasteiger partial charge in [-0.15, -0.1) is 0 Å². The molecular weight excluding hydrogens is 376 g/mol. The highest BCUT2D eigenvalue weighted by Gasteiger charge is 2.30. The van der Waals surface area contributed by atoms with Crippen LogP contribution in [-0.2, 0) is 6.18 Å². The molecule has 0 aliphatic heterocycles. The molecule has 2 amide bonds. The molecule has 9 heteroatoms. The average Bonchev–Trinajstić information content (AvgIpc) is 2.44. The predicted molar refractivity (Wildman–Crippen MR) is 85.6 cm³/mol. The molecule has 0 aromatic heterocycles. The molecule has 0 spiro atoms. The van der Waals surface area contributed by atoms with E-state index in [2.05, 4.69) is 10.6 Å². The summed E-state index contributed by atoms with van der Waals surface area (Å²) < 4.78 is 37.6. The predicted octanol–water partition coefficient (Wildman–Crippen LogP) is 6.31. The fraction of sp³-hybridized carbons (Fsp3) is 0.0714. The Labute approximate surface area is 144 Å². The topological polar surface area (TPSA) is 41.1 Å². The Morgan fingerprint density at radius 3 is 2.13 bits per heavy atom. The number of nitrogens with one attached hydrogen (secondary N) is 2. The van der Waals surface area contributed by atoms with Gasteiger partial charge in [0.1, 0.15) is 0 Å². The molecule has 2 aromatic rings. The standard InChI is InChI=1S/C14H8Cl3F3N2O/c15-9-3-2-8(6-10(9)16)21-13(23)22-12-4-1-7(5-11(12)17)14(18,19)20/h1-6H,(H2,21,22,23). The zero-order valence-electron chi connectivity index (χ0n) is 11.1. The maximum absolute atomic E-state index is 12.5. The lowest BCUT2D eigenvalue weighted by molar-refractivity contribution is -0.137. The van der Waals surface area contributed by atoms with E-state index in [4.69, 9.17) is 34.8 Å². The number of urea groups is 1. The molecule has 0 atom stereocenters. The number of halogens is 6. The molecule has 0 unspecified atom stereocenters. The molecule has 0 radical (unpaired) electrons. The first kappa shape index (κ1) is 17.7. The summed E-state index contributed by atoms with van der Waals surface area (Å²) in [5.41, 5.74) is -0.505. The first-order valence-corrected chi connectivity index (χ1v) is 7.20. The lowest BCUT2D eigenvalue weighted by Crippen LogP contribution is -2.19. The van der Waals surface area contributed by atoms with Crippen molar-refractivity contribution in [1.82, 2.24) is 0 Å². The summed E-state index contributed by atoms with van der Waals surface area (Å²) in [5, 5.41) is 5.14. The summed E-state index contributed by atoms with van der Waals surface area (Å²) in [4.78, 5) is 11.8. The van der Waals surface area contributed by atoms with Crippen molar-refractivity contribution in [3.05, 3.63) is 57.0 Å². The highest BCUT2D eigenvalue weighted by Crippen LogP contribution is 2.33. The van der Waals surface area contributed by atoms with Gasteiger partial charge in [0.2, 0.25) is 0 Å². The van der Waals surface area contributed by atoms with Gasteiger partial charge in [-0.25, -0.2) is 4.79 Å². The summed E-state index contributed by atoms with van der Waals surface area (Å²) in [6.45, 7) is 0. The third kappa shape index (κ3) is 4.67. The van der Waals surface area contributed by atoms with Crippen molar-refractivity contribution in [3.63, 3.8) is 0 Å². The molecule has 23 heavy (non-hydrogen) atoms. The Morgan fingerprint density at radius 1 is 0.870 bits per heavy atom. The summed E-state index contributed by atoms with van der Waals surface area (Å²) in [6.07, 6.45) is -4.51. The van der Waals surface area contributed by atoms with Crippen LogP contribution in [0.5, 0.6) is 0 Å². The van der Waals surface area contributed by atoms with E-state index in [0.717, 1.165) is 18.2 Å². The van der Waals surface area contributed by atoms with Crippen molar-refractivity contribution in [2.75, 3.05) is 10.6 Å². The van der Waals surface area contributed by atoms with Gasteiger partial charge in [0.15, 0.2) is 0 Å². The molecular formula is C14H8Cl3F3N2O. The number of hydrogen-bond acceptors (Lipinski definition) is 1. The van der Waals surface area contributed by atoms with Crippen molar-refractivity contribution in [2.24, 2.45) is 0 Å². The highest BCUT2D eigenvalue weighted by molar-refractivity contribution is 6.42. The van der Waals surface area contributed by atoms with E-state index >= 15 is 0 Å². The highest BCUT2D eigenvalue weighted by atomic mass is 35.5. The second-order valence-electron chi connectivity index (χ2n) is 4.40. The number of benzene rings is 2. The van der Waals surface area contributed by atoms with Crippen LogP contribution in [0.2, 0.25) is 15.1 Å². The summed E-state index contributed by atoms with van der Waals surface area (Å²) in [7, 11) is 0. The van der Waals surface area contributed by atoms with Crippen LogP contribution in [-0.4, -0.2) is 6.03 Å². The molecule has 0 saturated heterocycles. The SMILES string of the molecule is O=C(Nc1ccc(Cl)c(Cl)c1)Nc1ccc(C(F)(F)F)cc1Cl. The largest absolute Gasteiger partial charge is 0.416 e. The second-order valence-corrected chi connectivity index (χ2v) is 5.62. The van der Waals surface area contributed by atoms with Gasteiger partial charge < -0.3 is 10.6 Å². The van der Waals surface area contributed by atoms with Crippen LogP contribution >= 0.6 is 34.8 Å². The zero-order valence-corrected chi connectivity index (χ0v) is 13.4. The quantitative estimate of drug-likeness (QED) is 0.627. The lowest BCUT2D eigenvalue weighted by Gasteiger charge is -2.12. The van der Waals surface area contributed by atoms with E-state index in [1.807, 2.05) is 0 Å². The number of anilines is 2. The summed E-state index contributed by atoms with van der Waals surface area (Å²) in [6, 6.07) is 6.37. The van der Waals surface area contributed by atoms with Crippen molar-refractivity contribution >= 4 is 52.2 Å². The zero-order chi connectivity index (χ0) is 17.2. The molecule has 3 nitrogen and oxygen atoms in total.